The van der Waals surface area contributed by atoms with Gasteiger partial charge in [0.2, 0.25) is 0 Å². The van der Waals surface area contributed by atoms with Crippen LogP contribution in [0.3, 0.4) is 0 Å². The fourth-order valence-corrected chi connectivity index (χ4v) is 3.98. The van der Waals surface area contributed by atoms with Crippen molar-refractivity contribution < 1.29 is 9.53 Å². The van der Waals surface area contributed by atoms with E-state index in [4.69, 9.17) is 16.3 Å². The van der Waals surface area contributed by atoms with Gasteiger partial charge in [0.05, 0.1) is 23.9 Å². The van der Waals surface area contributed by atoms with Crippen LogP contribution >= 0.6 is 11.6 Å². The Balaban J connectivity index is 1.58. The van der Waals surface area contributed by atoms with E-state index in [9.17, 15) is 4.79 Å². The molecule has 0 bridgehead atoms. The minimum atomic E-state index is -0.0406. The predicted molar refractivity (Wildman–Crippen MR) is 93.4 cm³/mol. The van der Waals surface area contributed by atoms with Gasteiger partial charge in [0.25, 0.3) is 5.91 Å². The second-order valence-electron chi connectivity index (χ2n) is 6.89. The number of aryl methyl sites for hydroxylation is 1. The first-order chi connectivity index (χ1) is 11.5. The van der Waals surface area contributed by atoms with Crippen LogP contribution in [0.2, 0.25) is 5.02 Å². The van der Waals surface area contributed by atoms with E-state index < -0.39 is 0 Å². The Morgan fingerprint density at radius 1 is 1.25 bits per heavy atom. The highest BCUT2D eigenvalue weighted by molar-refractivity contribution is 6.34. The molecule has 3 heterocycles. The SMILES string of the molecule is Cc1c(Cl)c(C(=O)N2CCC(C(C)N3CCOCC3)CC2)nn1C. The van der Waals surface area contributed by atoms with Crippen LogP contribution in [0.1, 0.15) is 35.9 Å². The number of piperidine rings is 1. The second kappa shape index (κ2) is 7.42. The standard InChI is InChI=1S/C17H27ClN4O2/c1-12(21-8-10-24-11-9-21)14-4-6-22(7-5-14)17(23)16-15(18)13(2)20(3)19-16/h12,14H,4-11H2,1-3H3. The maximum absolute atomic E-state index is 12.7. The summed E-state index contributed by atoms with van der Waals surface area (Å²) in [4.78, 5) is 17.1. The Labute approximate surface area is 148 Å². The molecule has 1 amide bonds. The van der Waals surface area contributed by atoms with Crippen LogP contribution in [0.4, 0.5) is 0 Å². The molecule has 134 valence electrons. The number of halogens is 1. The summed E-state index contributed by atoms with van der Waals surface area (Å²) in [5.41, 5.74) is 1.21. The Morgan fingerprint density at radius 2 is 1.88 bits per heavy atom. The number of morpholine rings is 1. The highest BCUT2D eigenvalue weighted by Crippen LogP contribution is 2.27. The molecule has 6 nitrogen and oxygen atoms in total. The Kier molecular flexibility index (Phi) is 5.47. The molecule has 2 fully saturated rings. The molecule has 1 unspecified atom stereocenters. The highest BCUT2D eigenvalue weighted by Gasteiger charge is 2.32. The van der Waals surface area contributed by atoms with Crippen molar-refractivity contribution in [1.29, 1.82) is 0 Å². The van der Waals surface area contributed by atoms with Gasteiger partial charge in [-0.1, -0.05) is 11.6 Å². The van der Waals surface area contributed by atoms with Crippen molar-refractivity contribution in [2.75, 3.05) is 39.4 Å². The topological polar surface area (TPSA) is 50.6 Å². The normalized spacial score (nSPS) is 21.9. The van der Waals surface area contributed by atoms with E-state index in [1.54, 1.807) is 4.68 Å². The maximum atomic E-state index is 12.7. The number of likely N-dealkylation sites (tertiary alicyclic amines) is 1. The van der Waals surface area contributed by atoms with E-state index in [-0.39, 0.29) is 5.91 Å². The Morgan fingerprint density at radius 3 is 2.42 bits per heavy atom. The third kappa shape index (κ3) is 3.46. The summed E-state index contributed by atoms with van der Waals surface area (Å²) in [6, 6.07) is 0.548. The molecule has 0 radical (unpaired) electrons. The molecule has 0 saturated carbocycles. The molecule has 2 saturated heterocycles. The van der Waals surface area contributed by atoms with Crippen molar-refractivity contribution in [1.82, 2.24) is 19.6 Å². The molecule has 0 spiro atoms. The summed E-state index contributed by atoms with van der Waals surface area (Å²) in [6.07, 6.45) is 2.07. The molecular weight excluding hydrogens is 328 g/mol. The minimum absolute atomic E-state index is 0.0406. The third-order valence-electron chi connectivity index (χ3n) is 5.59. The first-order valence-corrected chi connectivity index (χ1v) is 9.17. The summed E-state index contributed by atoms with van der Waals surface area (Å²) in [5.74, 6) is 0.592. The Bertz CT molecular complexity index is 590. The fourth-order valence-electron chi connectivity index (χ4n) is 3.74. The number of aromatic nitrogens is 2. The van der Waals surface area contributed by atoms with E-state index in [0.717, 1.165) is 57.9 Å². The van der Waals surface area contributed by atoms with Gasteiger partial charge in [-0.25, -0.2) is 0 Å². The van der Waals surface area contributed by atoms with Crippen LogP contribution in [0, 0.1) is 12.8 Å². The van der Waals surface area contributed by atoms with Crippen molar-refractivity contribution in [2.45, 2.75) is 32.7 Å². The van der Waals surface area contributed by atoms with E-state index in [1.165, 1.54) is 0 Å². The first kappa shape index (κ1) is 17.7. The predicted octanol–water partition coefficient (Wildman–Crippen LogP) is 1.95. The van der Waals surface area contributed by atoms with Crippen LogP contribution in [0.25, 0.3) is 0 Å². The van der Waals surface area contributed by atoms with Crippen LogP contribution in [-0.2, 0) is 11.8 Å². The number of ether oxygens (including phenoxy) is 1. The van der Waals surface area contributed by atoms with Gasteiger partial charge in [-0.15, -0.1) is 0 Å². The van der Waals surface area contributed by atoms with Crippen LogP contribution in [-0.4, -0.2) is 70.9 Å². The quantitative estimate of drug-likeness (QED) is 0.832. The molecule has 3 rings (SSSR count). The first-order valence-electron chi connectivity index (χ1n) is 8.79. The number of amides is 1. The molecular formula is C17H27ClN4O2. The van der Waals surface area contributed by atoms with Gasteiger partial charge < -0.3 is 9.64 Å². The second-order valence-corrected chi connectivity index (χ2v) is 7.27. The smallest absolute Gasteiger partial charge is 0.275 e. The molecule has 0 N–H and O–H groups in total. The Hall–Kier alpha value is -1.11. The average molecular weight is 355 g/mol. The van der Waals surface area contributed by atoms with E-state index >= 15 is 0 Å². The molecule has 2 aliphatic heterocycles. The number of rotatable bonds is 3. The lowest BCUT2D eigenvalue weighted by molar-refractivity contribution is -0.000989. The number of carbonyl (C=O) groups excluding carboxylic acids is 1. The van der Waals surface area contributed by atoms with E-state index in [1.807, 2.05) is 18.9 Å². The molecule has 1 atom stereocenters. The zero-order valence-electron chi connectivity index (χ0n) is 14.8. The van der Waals surface area contributed by atoms with Gasteiger partial charge in [-0.3, -0.25) is 14.4 Å². The molecule has 2 aliphatic rings. The number of nitrogens with zero attached hydrogens (tertiary/aromatic N) is 4. The molecule has 7 heteroatoms. The van der Waals surface area contributed by atoms with Crippen molar-refractivity contribution in [3.63, 3.8) is 0 Å². The van der Waals surface area contributed by atoms with Gasteiger partial charge >= 0.3 is 0 Å². The average Bonchev–Trinajstić information content (AvgIpc) is 2.89. The summed E-state index contributed by atoms with van der Waals surface area (Å²) in [5, 5.41) is 4.76. The maximum Gasteiger partial charge on any atom is 0.275 e. The van der Waals surface area contributed by atoms with Gasteiger partial charge in [-0.05, 0) is 32.6 Å². The fraction of sp³-hybridized carbons (Fsp3) is 0.765. The van der Waals surface area contributed by atoms with Crippen LogP contribution in [0.15, 0.2) is 0 Å². The van der Waals surface area contributed by atoms with Crippen molar-refractivity contribution in [3.05, 3.63) is 16.4 Å². The number of carbonyl (C=O) groups is 1. The van der Waals surface area contributed by atoms with Gasteiger partial charge in [0.15, 0.2) is 5.69 Å². The summed E-state index contributed by atoms with van der Waals surface area (Å²) < 4.78 is 7.11. The zero-order valence-corrected chi connectivity index (χ0v) is 15.6. The number of hydrogen-bond donors (Lipinski definition) is 0. The minimum Gasteiger partial charge on any atom is -0.379 e. The molecule has 24 heavy (non-hydrogen) atoms. The van der Waals surface area contributed by atoms with Crippen molar-refractivity contribution in [2.24, 2.45) is 13.0 Å². The van der Waals surface area contributed by atoms with Gasteiger partial charge in [-0.2, -0.15) is 5.10 Å². The van der Waals surface area contributed by atoms with Crippen molar-refractivity contribution in [3.8, 4) is 0 Å². The lowest BCUT2D eigenvalue weighted by Crippen LogP contribution is -2.49. The summed E-state index contributed by atoms with van der Waals surface area (Å²) >= 11 is 6.26. The third-order valence-corrected chi connectivity index (χ3v) is 6.05. The van der Waals surface area contributed by atoms with E-state index in [0.29, 0.717) is 22.7 Å². The molecule has 0 aliphatic carbocycles. The largest absolute Gasteiger partial charge is 0.379 e. The lowest BCUT2D eigenvalue weighted by Gasteiger charge is -2.40. The highest BCUT2D eigenvalue weighted by atomic mass is 35.5. The monoisotopic (exact) mass is 354 g/mol. The van der Waals surface area contributed by atoms with Crippen molar-refractivity contribution >= 4 is 17.5 Å². The molecule has 1 aromatic rings. The van der Waals surface area contributed by atoms with E-state index in [2.05, 4.69) is 16.9 Å². The number of hydrogen-bond acceptors (Lipinski definition) is 4. The lowest BCUT2D eigenvalue weighted by atomic mass is 9.89. The summed E-state index contributed by atoms with van der Waals surface area (Å²) in [7, 11) is 1.81. The summed E-state index contributed by atoms with van der Waals surface area (Å²) in [6.45, 7) is 9.45. The van der Waals surface area contributed by atoms with Gasteiger partial charge in [0.1, 0.15) is 0 Å². The van der Waals surface area contributed by atoms with Crippen LogP contribution < -0.4 is 0 Å². The van der Waals surface area contributed by atoms with Crippen LogP contribution in [0.5, 0.6) is 0 Å². The van der Waals surface area contributed by atoms with Gasteiger partial charge in [0, 0.05) is 39.3 Å². The zero-order chi connectivity index (χ0) is 17.3. The molecule has 0 aromatic carbocycles. The molecule has 1 aromatic heterocycles.